The highest BCUT2D eigenvalue weighted by Crippen LogP contribution is 2.41. The summed E-state index contributed by atoms with van der Waals surface area (Å²) in [5, 5.41) is 2.36. The van der Waals surface area contributed by atoms with Crippen LogP contribution in [-0.4, -0.2) is 17.7 Å². The first-order valence-electron chi connectivity index (χ1n) is 8.46. The molecular formula is C20H11BrClF3N2O3. The Balaban J connectivity index is 1.55. The van der Waals surface area contributed by atoms with Crippen LogP contribution < -0.4 is 14.8 Å². The summed E-state index contributed by atoms with van der Waals surface area (Å²) in [5.41, 5.74) is 0.268. The lowest BCUT2D eigenvalue weighted by molar-refractivity contribution is -0.137. The minimum absolute atomic E-state index is 0.0959. The molecule has 0 unspecified atom stereocenters. The smallest absolute Gasteiger partial charge is 0.416 e. The summed E-state index contributed by atoms with van der Waals surface area (Å²) in [6, 6.07) is 9.37. The van der Waals surface area contributed by atoms with E-state index >= 15 is 0 Å². The quantitative estimate of drug-likeness (QED) is 0.469. The number of aromatic nitrogens is 1. The number of halogens is 5. The third-order valence-corrected chi connectivity index (χ3v) is 5.30. The molecule has 0 bridgehead atoms. The highest BCUT2D eigenvalue weighted by Gasteiger charge is 2.31. The third kappa shape index (κ3) is 4.08. The second kappa shape index (κ2) is 7.81. The zero-order chi connectivity index (χ0) is 21.5. The third-order valence-electron chi connectivity index (χ3n) is 4.32. The van der Waals surface area contributed by atoms with Crippen LogP contribution in [0.5, 0.6) is 11.5 Å². The first-order valence-corrected chi connectivity index (χ1v) is 9.63. The van der Waals surface area contributed by atoms with Crippen molar-refractivity contribution in [2.45, 2.75) is 6.18 Å². The predicted octanol–water partition coefficient (Wildman–Crippen LogP) is 6.16. The van der Waals surface area contributed by atoms with E-state index in [1.54, 1.807) is 18.2 Å². The number of hydrogen-bond acceptors (Lipinski definition) is 4. The molecular weight excluding hydrogens is 489 g/mol. The number of alkyl halides is 3. The number of carbonyl (C=O) groups excluding carboxylic acids is 1. The Morgan fingerprint density at radius 1 is 1.10 bits per heavy atom. The van der Waals surface area contributed by atoms with Gasteiger partial charge in [-0.2, -0.15) is 13.2 Å². The molecule has 0 spiro atoms. The van der Waals surface area contributed by atoms with Crippen molar-refractivity contribution in [2.75, 3.05) is 12.1 Å². The fourth-order valence-electron chi connectivity index (χ4n) is 2.82. The van der Waals surface area contributed by atoms with E-state index in [0.29, 0.717) is 17.6 Å². The summed E-state index contributed by atoms with van der Waals surface area (Å²) < 4.78 is 50.2. The average Bonchev–Trinajstić information content (AvgIpc) is 3.14. The van der Waals surface area contributed by atoms with Crippen molar-refractivity contribution < 1.29 is 27.4 Å². The molecule has 30 heavy (non-hydrogen) atoms. The van der Waals surface area contributed by atoms with Crippen LogP contribution >= 0.6 is 27.5 Å². The maximum absolute atomic E-state index is 12.9. The summed E-state index contributed by atoms with van der Waals surface area (Å²) in [6.45, 7) is 0.145. The van der Waals surface area contributed by atoms with Gasteiger partial charge in [-0.1, -0.05) is 27.5 Å². The molecule has 2 aromatic carbocycles. The number of nitrogens with one attached hydrogen (secondary N) is 1. The molecule has 0 saturated carbocycles. The SMILES string of the molecule is O=C(Nc1ccc(-c2cc3c(cc2Br)OCO3)cn1)c1cc(C(F)(F)F)ccc1Cl. The largest absolute Gasteiger partial charge is 0.454 e. The first kappa shape index (κ1) is 20.5. The number of carbonyl (C=O) groups is 1. The molecule has 4 rings (SSSR count). The van der Waals surface area contributed by atoms with Gasteiger partial charge >= 0.3 is 6.18 Å². The van der Waals surface area contributed by atoms with Crippen molar-refractivity contribution in [1.82, 2.24) is 4.98 Å². The minimum atomic E-state index is -4.59. The highest BCUT2D eigenvalue weighted by atomic mass is 79.9. The molecule has 0 fully saturated rings. The van der Waals surface area contributed by atoms with Gasteiger partial charge in [-0.05, 0) is 42.5 Å². The molecule has 5 nitrogen and oxygen atoms in total. The van der Waals surface area contributed by atoms with Crippen LogP contribution in [0, 0.1) is 0 Å². The van der Waals surface area contributed by atoms with Crippen LogP contribution in [0.25, 0.3) is 11.1 Å². The van der Waals surface area contributed by atoms with Crippen LogP contribution in [0.1, 0.15) is 15.9 Å². The first-order chi connectivity index (χ1) is 14.2. The van der Waals surface area contributed by atoms with Crippen LogP contribution in [0.2, 0.25) is 5.02 Å². The van der Waals surface area contributed by atoms with E-state index < -0.39 is 17.6 Å². The number of anilines is 1. The van der Waals surface area contributed by atoms with Gasteiger partial charge < -0.3 is 14.8 Å². The van der Waals surface area contributed by atoms with Gasteiger partial charge in [0, 0.05) is 21.8 Å². The van der Waals surface area contributed by atoms with Gasteiger partial charge in [-0.3, -0.25) is 4.79 Å². The summed E-state index contributed by atoms with van der Waals surface area (Å²) in [5.74, 6) is 0.593. The molecule has 0 aliphatic carbocycles. The topological polar surface area (TPSA) is 60.5 Å². The Hall–Kier alpha value is -2.78. The van der Waals surface area contributed by atoms with E-state index in [1.165, 1.54) is 12.3 Å². The van der Waals surface area contributed by atoms with E-state index in [2.05, 4.69) is 26.2 Å². The van der Waals surface area contributed by atoms with Gasteiger partial charge in [0.25, 0.3) is 5.91 Å². The lowest BCUT2D eigenvalue weighted by Gasteiger charge is -2.11. The number of amides is 1. The average molecular weight is 500 g/mol. The predicted molar refractivity (Wildman–Crippen MR) is 108 cm³/mol. The number of rotatable bonds is 3. The summed E-state index contributed by atoms with van der Waals surface area (Å²) in [4.78, 5) is 16.6. The normalized spacial score (nSPS) is 12.7. The molecule has 1 aliphatic rings. The van der Waals surface area contributed by atoms with Crippen molar-refractivity contribution >= 4 is 39.3 Å². The number of pyridine rings is 1. The number of hydrogen-bond donors (Lipinski definition) is 1. The lowest BCUT2D eigenvalue weighted by atomic mass is 10.1. The van der Waals surface area contributed by atoms with Crippen molar-refractivity contribution in [3.05, 3.63) is 69.3 Å². The highest BCUT2D eigenvalue weighted by molar-refractivity contribution is 9.10. The Bertz CT molecular complexity index is 1140. The van der Waals surface area contributed by atoms with Crippen molar-refractivity contribution in [2.24, 2.45) is 0 Å². The van der Waals surface area contributed by atoms with E-state index in [9.17, 15) is 18.0 Å². The Kier molecular flexibility index (Phi) is 5.33. The van der Waals surface area contributed by atoms with Crippen LogP contribution in [0.15, 0.2) is 53.1 Å². The van der Waals surface area contributed by atoms with E-state index in [1.807, 2.05) is 0 Å². The molecule has 3 aromatic rings. The number of nitrogens with zero attached hydrogens (tertiary/aromatic N) is 1. The monoisotopic (exact) mass is 498 g/mol. The van der Waals surface area contributed by atoms with Gasteiger partial charge in [-0.15, -0.1) is 0 Å². The van der Waals surface area contributed by atoms with Crippen molar-refractivity contribution in [1.29, 1.82) is 0 Å². The summed E-state index contributed by atoms with van der Waals surface area (Å²) >= 11 is 9.37. The standard InChI is InChI=1S/C20H11BrClF3N2O3/c21-14-7-17-16(29-9-30-17)6-12(14)10-1-4-18(26-8-10)27-19(28)13-5-11(20(23,24)25)2-3-15(13)22/h1-8H,9H2,(H,26,27,28). The molecule has 10 heteroatoms. The molecule has 1 aliphatic heterocycles. The number of fused-ring (bicyclic) bond motifs is 1. The molecule has 0 atom stereocenters. The van der Waals surface area contributed by atoms with E-state index in [4.69, 9.17) is 21.1 Å². The zero-order valence-corrected chi connectivity index (χ0v) is 17.2. The summed E-state index contributed by atoms with van der Waals surface area (Å²) in [6.07, 6.45) is -3.07. The Morgan fingerprint density at radius 3 is 2.50 bits per heavy atom. The molecule has 1 N–H and O–H groups in total. The number of benzene rings is 2. The second-order valence-corrected chi connectivity index (χ2v) is 7.53. The fraction of sp³-hybridized carbons (Fsp3) is 0.100. The minimum Gasteiger partial charge on any atom is -0.454 e. The van der Waals surface area contributed by atoms with Gasteiger partial charge in [-0.25, -0.2) is 4.98 Å². The van der Waals surface area contributed by atoms with Gasteiger partial charge in [0.1, 0.15) is 5.82 Å². The lowest BCUT2D eigenvalue weighted by Crippen LogP contribution is -2.15. The molecule has 2 heterocycles. The van der Waals surface area contributed by atoms with E-state index in [-0.39, 0.29) is 23.2 Å². The fourth-order valence-corrected chi connectivity index (χ4v) is 3.58. The van der Waals surface area contributed by atoms with Gasteiger partial charge in [0.05, 0.1) is 16.1 Å². The molecule has 1 aromatic heterocycles. The molecule has 0 radical (unpaired) electrons. The van der Waals surface area contributed by atoms with Crippen LogP contribution in [0.4, 0.5) is 19.0 Å². The molecule has 0 saturated heterocycles. The Labute approximate surface area is 181 Å². The maximum Gasteiger partial charge on any atom is 0.416 e. The van der Waals surface area contributed by atoms with Gasteiger partial charge in [0.2, 0.25) is 6.79 Å². The van der Waals surface area contributed by atoms with Crippen molar-refractivity contribution in [3.8, 4) is 22.6 Å². The van der Waals surface area contributed by atoms with E-state index in [0.717, 1.165) is 27.7 Å². The Morgan fingerprint density at radius 2 is 1.83 bits per heavy atom. The second-order valence-electron chi connectivity index (χ2n) is 6.26. The van der Waals surface area contributed by atoms with Gasteiger partial charge in [0.15, 0.2) is 11.5 Å². The van der Waals surface area contributed by atoms with Crippen LogP contribution in [-0.2, 0) is 6.18 Å². The molecule has 1 amide bonds. The maximum atomic E-state index is 12.9. The van der Waals surface area contributed by atoms with Crippen molar-refractivity contribution in [3.63, 3.8) is 0 Å². The molecule has 154 valence electrons. The zero-order valence-electron chi connectivity index (χ0n) is 14.9. The summed E-state index contributed by atoms with van der Waals surface area (Å²) in [7, 11) is 0. The van der Waals surface area contributed by atoms with Crippen LogP contribution in [0.3, 0.4) is 0 Å². The number of ether oxygens (including phenoxy) is 2.